The highest BCUT2D eigenvalue weighted by atomic mass is 31.2. The zero-order valence-corrected chi connectivity index (χ0v) is 22.8. The SMILES string of the molecule is C[C@@]1(F)C(n2cnc3c(N)ncnc32)O[C@@H]2COP(=O)(O)O[C@@H]3CC(OCC[C@H]21)OC3n1cnc2c(=O)[nH]c(N)nc21. The average molecular weight is 608 g/mol. The van der Waals surface area contributed by atoms with E-state index in [1.54, 1.807) is 0 Å². The van der Waals surface area contributed by atoms with Crippen LogP contribution < -0.4 is 17.0 Å². The summed E-state index contributed by atoms with van der Waals surface area (Å²) in [5.41, 5.74) is 9.61. The average Bonchev–Trinajstić information content (AvgIpc) is 3.67. The van der Waals surface area contributed by atoms with Crippen LogP contribution in [0.1, 0.15) is 32.2 Å². The number of nitrogens with two attached hydrogens (primary N) is 2. The Morgan fingerprint density at radius 3 is 2.74 bits per heavy atom. The smallest absolute Gasteiger partial charge is 0.382 e. The molecule has 3 aliphatic rings. The minimum Gasteiger partial charge on any atom is -0.382 e. The van der Waals surface area contributed by atoms with Crippen LogP contribution in [-0.4, -0.2) is 81.3 Å². The Morgan fingerprint density at radius 1 is 1.12 bits per heavy atom. The molecule has 7 heterocycles. The molecule has 0 radical (unpaired) electrons. The van der Waals surface area contributed by atoms with E-state index in [1.807, 2.05) is 0 Å². The van der Waals surface area contributed by atoms with E-state index in [9.17, 15) is 14.3 Å². The Bertz CT molecular complexity index is 1780. The number of nitrogens with one attached hydrogen (secondary N) is 1. The summed E-state index contributed by atoms with van der Waals surface area (Å²) in [5.74, 6) is -0.872. The number of H-pyrrole nitrogens is 1. The van der Waals surface area contributed by atoms with Crippen molar-refractivity contribution in [2.75, 3.05) is 24.7 Å². The fourth-order valence-electron chi connectivity index (χ4n) is 5.82. The highest BCUT2D eigenvalue weighted by Gasteiger charge is 2.56. The number of hydrogen-bond acceptors (Lipinski definition) is 14. The monoisotopic (exact) mass is 608 g/mol. The number of rotatable bonds is 2. The highest BCUT2D eigenvalue weighted by Crippen LogP contribution is 2.53. The molecule has 20 heteroatoms. The Balaban J connectivity index is 1.17. The first kappa shape index (κ1) is 27.3. The Morgan fingerprint density at radius 2 is 1.90 bits per heavy atom. The number of phosphoric ester groups is 1. The molecule has 224 valence electrons. The molecule has 0 aromatic carbocycles. The van der Waals surface area contributed by atoms with Gasteiger partial charge in [0.2, 0.25) is 5.95 Å². The summed E-state index contributed by atoms with van der Waals surface area (Å²) in [7, 11) is -4.76. The molecule has 0 saturated carbocycles. The number of phosphoric acid groups is 1. The fourth-order valence-corrected chi connectivity index (χ4v) is 6.75. The number of nitrogen functional groups attached to an aromatic ring is 2. The van der Waals surface area contributed by atoms with E-state index in [4.69, 9.17) is 34.7 Å². The van der Waals surface area contributed by atoms with E-state index < -0.39 is 62.5 Å². The van der Waals surface area contributed by atoms with Gasteiger partial charge in [-0.05, 0) is 13.3 Å². The van der Waals surface area contributed by atoms with Gasteiger partial charge in [-0.1, -0.05) is 0 Å². The molecule has 0 aliphatic carbocycles. The summed E-state index contributed by atoms with van der Waals surface area (Å²) in [6.07, 6.45) is -1.23. The molecule has 7 rings (SSSR count). The zero-order chi connectivity index (χ0) is 29.4. The molecule has 18 nitrogen and oxygen atoms in total. The summed E-state index contributed by atoms with van der Waals surface area (Å²) >= 11 is 0. The lowest BCUT2D eigenvalue weighted by atomic mass is 9.85. The van der Waals surface area contributed by atoms with Crippen LogP contribution in [0.4, 0.5) is 16.2 Å². The van der Waals surface area contributed by atoms with Crippen LogP contribution >= 0.6 is 7.82 Å². The van der Waals surface area contributed by atoms with Crippen molar-refractivity contribution < 1.29 is 37.1 Å². The van der Waals surface area contributed by atoms with Gasteiger partial charge in [0, 0.05) is 12.3 Å². The first-order valence-electron chi connectivity index (χ1n) is 12.9. The Labute approximate surface area is 234 Å². The summed E-state index contributed by atoms with van der Waals surface area (Å²) in [5, 5.41) is 0. The number of nitrogens with zero attached hydrogens (tertiary/aromatic N) is 7. The molecular formula is C22H26FN10O8P. The molecular weight excluding hydrogens is 582 g/mol. The van der Waals surface area contributed by atoms with Crippen molar-refractivity contribution in [3.8, 4) is 0 Å². The van der Waals surface area contributed by atoms with Gasteiger partial charge in [-0.3, -0.25) is 28.0 Å². The maximum Gasteiger partial charge on any atom is 0.472 e. The quantitative estimate of drug-likeness (QED) is 0.227. The van der Waals surface area contributed by atoms with Gasteiger partial charge in [0.1, 0.15) is 17.9 Å². The molecule has 4 aromatic heterocycles. The summed E-state index contributed by atoms with van der Waals surface area (Å²) in [6.45, 7) is 0.941. The van der Waals surface area contributed by atoms with E-state index in [0.29, 0.717) is 0 Å². The number of aromatic amines is 1. The van der Waals surface area contributed by atoms with Gasteiger partial charge >= 0.3 is 7.82 Å². The normalized spacial score (nSPS) is 35.7. The van der Waals surface area contributed by atoms with Crippen LogP contribution in [0.5, 0.6) is 0 Å². The van der Waals surface area contributed by atoms with Crippen LogP contribution in [-0.2, 0) is 27.8 Å². The molecule has 8 atom stereocenters. The Kier molecular flexibility index (Phi) is 6.32. The third kappa shape index (κ3) is 4.44. The maximum absolute atomic E-state index is 16.6. The molecule has 3 aliphatic heterocycles. The number of hydrogen-bond donors (Lipinski definition) is 4. The predicted molar refractivity (Wildman–Crippen MR) is 139 cm³/mol. The lowest BCUT2D eigenvalue weighted by molar-refractivity contribution is -0.156. The molecule has 4 aromatic rings. The van der Waals surface area contributed by atoms with Crippen molar-refractivity contribution in [2.24, 2.45) is 5.92 Å². The van der Waals surface area contributed by atoms with E-state index in [0.717, 1.165) is 0 Å². The maximum atomic E-state index is 16.6. The predicted octanol–water partition coefficient (Wildman–Crippen LogP) is 0.533. The second-order valence-electron chi connectivity index (χ2n) is 10.4. The van der Waals surface area contributed by atoms with Crippen molar-refractivity contribution in [3.63, 3.8) is 0 Å². The number of fused-ring (bicyclic) bond motifs is 5. The van der Waals surface area contributed by atoms with Gasteiger partial charge < -0.3 is 30.6 Å². The molecule has 6 N–H and O–H groups in total. The van der Waals surface area contributed by atoms with Crippen LogP contribution in [0.15, 0.2) is 23.8 Å². The van der Waals surface area contributed by atoms with E-state index in [2.05, 4.69) is 29.9 Å². The largest absolute Gasteiger partial charge is 0.472 e. The van der Waals surface area contributed by atoms with Crippen molar-refractivity contribution in [2.45, 2.75) is 56.4 Å². The van der Waals surface area contributed by atoms with Crippen molar-refractivity contribution in [3.05, 3.63) is 29.3 Å². The van der Waals surface area contributed by atoms with Gasteiger partial charge in [0.15, 0.2) is 47.0 Å². The van der Waals surface area contributed by atoms with Crippen LogP contribution in [0, 0.1) is 5.92 Å². The number of anilines is 2. The second kappa shape index (κ2) is 9.73. The van der Waals surface area contributed by atoms with Gasteiger partial charge in [-0.25, -0.2) is 28.9 Å². The molecule has 0 spiro atoms. The second-order valence-corrected chi connectivity index (χ2v) is 11.8. The van der Waals surface area contributed by atoms with Gasteiger partial charge in [0.05, 0.1) is 32.0 Å². The van der Waals surface area contributed by atoms with Gasteiger partial charge in [0.25, 0.3) is 5.56 Å². The van der Waals surface area contributed by atoms with Crippen molar-refractivity contribution in [1.82, 2.24) is 39.0 Å². The third-order valence-electron chi connectivity index (χ3n) is 7.76. The van der Waals surface area contributed by atoms with Gasteiger partial charge in [-0.2, -0.15) is 4.98 Å². The number of ether oxygens (including phenoxy) is 3. The first-order chi connectivity index (χ1) is 20.0. The third-order valence-corrected chi connectivity index (χ3v) is 8.77. The first-order valence-corrected chi connectivity index (χ1v) is 14.4. The summed E-state index contributed by atoms with van der Waals surface area (Å²) in [4.78, 5) is 45.7. The molecule has 0 amide bonds. The molecule has 3 saturated heterocycles. The van der Waals surface area contributed by atoms with Crippen molar-refractivity contribution in [1.29, 1.82) is 0 Å². The number of imidazole rings is 2. The fraction of sp³-hybridized carbons (Fsp3) is 0.545. The molecule has 42 heavy (non-hydrogen) atoms. The van der Waals surface area contributed by atoms with Crippen LogP contribution in [0.3, 0.4) is 0 Å². The van der Waals surface area contributed by atoms with E-state index in [1.165, 1.54) is 35.0 Å². The summed E-state index contributed by atoms with van der Waals surface area (Å²) < 4.78 is 61.3. The number of alkyl halides is 1. The lowest BCUT2D eigenvalue weighted by Crippen LogP contribution is -2.37. The summed E-state index contributed by atoms with van der Waals surface area (Å²) in [6, 6.07) is 0. The number of aromatic nitrogens is 8. The minimum atomic E-state index is -4.76. The Hall–Kier alpha value is -3.58. The molecule has 2 bridgehead atoms. The van der Waals surface area contributed by atoms with E-state index in [-0.39, 0.29) is 53.5 Å². The van der Waals surface area contributed by atoms with Gasteiger partial charge in [-0.15, -0.1) is 0 Å². The zero-order valence-electron chi connectivity index (χ0n) is 21.9. The van der Waals surface area contributed by atoms with Crippen molar-refractivity contribution >= 4 is 41.9 Å². The standard InChI is InChI=1S/C22H26FN10O8P/c1-22(23)9-2-3-37-12-4-10(19(40-12)32-7-29-14-17(32)30-21(25)31-18(14)34)41-42(35,36)38-5-11(9)39-20(22)33-8-28-13-15(24)26-6-27-16(13)33/h6-12,19-20H,2-5H2,1H3,(H,35,36)(H2,24,26,27)(H3,25,30,31,34)/t9-,10-,11-,12?,19?,20?,22+/m1/s1. The van der Waals surface area contributed by atoms with Crippen LogP contribution in [0.2, 0.25) is 0 Å². The number of halogens is 1. The molecule has 4 unspecified atom stereocenters. The minimum absolute atomic E-state index is 0.0131. The van der Waals surface area contributed by atoms with E-state index >= 15 is 4.39 Å². The van der Waals surface area contributed by atoms with Crippen LogP contribution in [0.25, 0.3) is 22.3 Å². The highest BCUT2D eigenvalue weighted by molar-refractivity contribution is 7.47. The topological polar surface area (TPSA) is 243 Å². The lowest BCUT2D eigenvalue weighted by Gasteiger charge is -2.28. The molecule has 3 fully saturated rings.